The van der Waals surface area contributed by atoms with E-state index in [-0.39, 0.29) is 31.5 Å². The second-order valence-electron chi connectivity index (χ2n) is 16.9. The third-order valence-corrected chi connectivity index (χ3v) is 13.0. The van der Waals surface area contributed by atoms with Crippen LogP contribution in [0.25, 0.3) is 22.5 Å². The van der Waals surface area contributed by atoms with Gasteiger partial charge in [-0.15, -0.1) is 0 Å². The number of hydrogen-bond donors (Lipinski definition) is 6. The van der Waals surface area contributed by atoms with E-state index >= 15 is 0 Å². The van der Waals surface area contributed by atoms with Crippen LogP contribution < -0.4 is 47.2 Å². The van der Waals surface area contributed by atoms with Crippen molar-refractivity contribution in [2.24, 2.45) is 17.2 Å². The summed E-state index contributed by atoms with van der Waals surface area (Å²) in [5.74, 6) is 1.32. The number of hydrogen-bond acceptors (Lipinski definition) is 15. The predicted molar refractivity (Wildman–Crippen MR) is 328 cm³/mol. The number of amides is 4. The molecule has 25 heteroatoms. The van der Waals surface area contributed by atoms with Crippen molar-refractivity contribution in [1.29, 1.82) is 0 Å². The first-order valence-corrected chi connectivity index (χ1v) is 26.2. The summed E-state index contributed by atoms with van der Waals surface area (Å²) in [6.45, 7) is 16.4. The third kappa shape index (κ3) is 21.3. The quantitative estimate of drug-likeness (QED) is 0.0294. The fourth-order valence-corrected chi connectivity index (χ4v) is 8.36. The maximum absolute atomic E-state index is 11.8. The molecule has 0 unspecified atom stereocenters. The first kappa shape index (κ1) is 68.0. The summed E-state index contributed by atoms with van der Waals surface area (Å²) in [4.78, 5) is 77.3. The molecule has 0 bridgehead atoms. The van der Waals surface area contributed by atoms with E-state index in [0.717, 1.165) is 87.0 Å². The van der Waals surface area contributed by atoms with Gasteiger partial charge in [-0.2, -0.15) is 0 Å². The number of primary amides is 3. The van der Waals surface area contributed by atoms with E-state index in [1.54, 1.807) is 83.8 Å². The van der Waals surface area contributed by atoms with Crippen molar-refractivity contribution in [3.63, 3.8) is 0 Å². The Morgan fingerprint density at radius 2 is 0.864 bits per heavy atom. The largest absolute Gasteiger partial charge is 0.569 e. The normalized spacial score (nSPS) is 13.3. The Hall–Kier alpha value is -7.27. The Balaban J connectivity index is 0.000000284. The van der Waals surface area contributed by atoms with Gasteiger partial charge in [0.25, 0.3) is 17.7 Å². The van der Waals surface area contributed by atoms with Crippen molar-refractivity contribution in [2.45, 2.75) is 14.9 Å². The number of nitrogens with two attached hydrogens (primary N) is 3. The predicted octanol–water partition coefficient (Wildman–Crippen LogP) is 7.94. The summed E-state index contributed by atoms with van der Waals surface area (Å²) in [5, 5.41) is 16.3. The van der Waals surface area contributed by atoms with E-state index < -0.39 is 23.0 Å². The zero-order valence-electron chi connectivity index (χ0n) is 42.7. The number of anilines is 3. The zero-order valence-corrected chi connectivity index (χ0v) is 46.5. The standard InChI is InChI=1S/C19H19ClN4O2.C16H17ClN4O.C10H13ClN4O.C6H5BClO2.C3H3ClO.2CH4/c1-2-17(25)24-11-9-23(10-12-24)16-8-7-15(19(21)26)18(22-16)13-3-5-14(20)6-4-13;17-12-3-1-11(2-4-12)15-13(16(18)22)5-6-14(20-15)21-9-7-19-8-10-21;11-9-7(10(12)16)1-2-8(14-9)15-5-3-13-4-6-15;8-5-1-3-6(4-2-5)10-7-9;1-2-3(4)5;;/h2-8H,1,9-12H2,(H2,21,26);1-6,19H,7-10H2,(H2,18,22);1-2,13H,3-6H2,(H2,12,16);1-4,9H;2H,1H2;2*1H4. The lowest BCUT2D eigenvalue weighted by atomic mass is 10.1. The van der Waals surface area contributed by atoms with Gasteiger partial charge >= 0.3 is 7.69 Å². The highest BCUT2D eigenvalue weighted by molar-refractivity contribution is 6.66. The van der Waals surface area contributed by atoms with Crippen molar-refractivity contribution < 1.29 is 33.7 Å². The van der Waals surface area contributed by atoms with E-state index in [0.29, 0.717) is 77.2 Å². The number of aromatic nitrogens is 3. The smallest absolute Gasteiger partial charge is 0.537 e. The summed E-state index contributed by atoms with van der Waals surface area (Å²) in [5.41, 5.74) is 19.9. The minimum atomic E-state index is -0.552. The monoisotopic (exact) mass is 1200 g/mol. The molecular weight excluding hydrogens is 1140 g/mol. The van der Waals surface area contributed by atoms with Crippen molar-refractivity contribution in [2.75, 3.05) is 93.2 Å². The number of nitrogens with one attached hydrogen (secondary N) is 2. The van der Waals surface area contributed by atoms with Gasteiger partial charge < -0.3 is 57.1 Å². The van der Waals surface area contributed by atoms with Crippen LogP contribution in [-0.4, -0.2) is 140 Å². The maximum Gasteiger partial charge on any atom is 0.569 e. The van der Waals surface area contributed by atoms with E-state index in [1.807, 2.05) is 30.3 Å². The average molecular weight is 1210 g/mol. The van der Waals surface area contributed by atoms with Crippen LogP contribution >= 0.6 is 58.0 Å². The van der Waals surface area contributed by atoms with Crippen LogP contribution in [-0.2, 0) is 9.59 Å². The van der Waals surface area contributed by atoms with Gasteiger partial charge in [0, 0.05) is 105 Å². The molecule has 3 saturated heterocycles. The van der Waals surface area contributed by atoms with Gasteiger partial charge in [-0.1, -0.05) is 98.7 Å². The minimum Gasteiger partial charge on any atom is -0.537 e. The van der Waals surface area contributed by atoms with Gasteiger partial charge in [0.2, 0.25) is 11.1 Å². The zero-order chi connectivity index (χ0) is 57.4. The molecule has 0 aliphatic carbocycles. The van der Waals surface area contributed by atoms with Crippen molar-refractivity contribution in [3.05, 3.63) is 171 Å². The van der Waals surface area contributed by atoms with Gasteiger partial charge in [-0.25, -0.2) is 15.0 Å². The Morgan fingerprint density at radius 1 is 0.519 bits per heavy atom. The molecule has 3 aromatic heterocycles. The van der Waals surface area contributed by atoms with Crippen LogP contribution in [0.15, 0.2) is 135 Å². The van der Waals surface area contributed by atoms with Crippen LogP contribution in [0.4, 0.5) is 17.5 Å². The SMILES string of the molecule is C.C.C=CC(=O)Cl.C=CC(=O)N1CCN(c2ccc(C(N)=O)c(-c3ccc(Cl)cc3)n2)CC1.NC(=O)c1ccc(N2CCNCC2)nc1-c1ccc(Cl)cc1.NC(=O)c1ccc(N2CCNCC2)nc1Cl.O[B]Oc1ccc(Cl)cc1. The molecular formula is C56H65BCl5N12O7. The molecule has 429 valence electrons. The second kappa shape index (κ2) is 34.8. The lowest BCUT2D eigenvalue weighted by Gasteiger charge is -2.35. The number of piperazine rings is 3. The van der Waals surface area contributed by atoms with Crippen molar-refractivity contribution in [3.8, 4) is 28.3 Å². The van der Waals surface area contributed by atoms with E-state index in [4.69, 9.17) is 80.2 Å². The van der Waals surface area contributed by atoms with E-state index in [9.17, 15) is 24.0 Å². The Kier molecular flexibility index (Phi) is 29.2. The summed E-state index contributed by atoms with van der Waals surface area (Å²) in [6, 6.07) is 31.5. The molecule has 0 spiro atoms. The summed E-state index contributed by atoms with van der Waals surface area (Å²) in [7, 11) is 0.628. The average Bonchev–Trinajstić information content (AvgIpc) is 3.49. The van der Waals surface area contributed by atoms with Crippen LogP contribution in [0.1, 0.15) is 45.9 Å². The Bertz CT molecular complexity index is 3040. The number of carbonyl (C=O) groups is 5. The highest BCUT2D eigenvalue weighted by Crippen LogP contribution is 2.29. The summed E-state index contributed by atoms with van der Waals surface area (Å²) < 4.78 is 4.63. The molecule has 19 nitrogen and oxygen atoms in total. The highest BCUT2D eigenvalue weighted by atomic mass is 35.5. The van der Waals surface area contributed by atoms with Crippen LogP contribution in [0.2, 0.25) is 20.2 Å². The van der Waals surface area contributed by atoms with Gasteiger partial charge in [0.1, 0.15) is 28.4 Å². The maximum atomic E-state index is 11.8. The molecule has 6 heterocycles. The highest BCUT2D eigenvalue weighted by Gasteiger charge is 2.23. The molecule has 3 aliphatic rings. The molecule has 4 amide bonds. The van der Waals surface area contributed by atoms with Crippen LogP contribution in [0, 0.1) is 0 Å². The number of carbonyl (C=O) groups excluding carboxylic acids is 5. The topological polar surface area (TPSA) is 269 Å². The Morgan fingerprint density at radius 3 is 1.20 bits per heavy atom. The second-order valence-corrected chi connectivity index (χ2v) is 19.0. The molecule has 9 rings (SSSR count). The van der Waals surface area contributed by atoms with Gasteiger partial charge in [0.15, 0.2) is 0 Å². The number of rotatable bonds is 12. The van der Waals surface area contributed by atoms with E-state index in [1.165, 1.54) is 6.08 Å². The van der Waals surface area contributed by atoms with Crippen LogP contribution in [0.3, 0.4) is 0 Å². The van der Waals surface area contributed by atoms with Crippen LogP contribution in [0.5, 0.6) is 5.75 Å². The fraction of sp³-hybridized carbons (Fsp3) is 0.250. The third-order valence-electron chi connectivity index (χ3n) is 11.8. The van der Waals surface area contributed by atoms with Crippen molar-refractivity contribution in [1.82, 2.24) is 30.5 Å². The summed E-state index contributed by atoms with van der Waals surface area (Å²) in [6.07, 6.45) is 2.37. The Labute approximate surface area is 498 Å². The molecule has 9 N–H and O–H groups in total. The van der Waals surface area contributed by atoms with Gasteiger partial charge in [0.05, 0.1) is 28.1 Å². The molecule has 0 saturated carbocycles. The fourth-order valence-electron chi connectivity index (χ4n) is 7.73. The summed E-state index contributed by atoms with van der Waals surface area (Å²) >= 11 is 28.1. The molecule has 3 fully saturated rings. The lowest BCUT2D eigenvalue weighted by molar-refractivity contribution is -0.126. The molecule has 81 heavy (non-hydrogen) atoms. The van der Waals surface area contributed by atoms with Gasteiger partial charge in [-0.3, -0.25) is 24.0 Å². The first-order valence-electron chi connectivity index (χ1n) is 24.3. The van der Waals surface area contributed by atoms with E-state index in [2.05, 4.69) is 58.1 Å². The lowest BCUT2D eigenvalue weighted by Crippen LogP contribution is -2.48. The molecule has 1 radical (unpaired) electrons. The number of halogens is 5. The number of benzene rings is 3. The number of pyridine rings is 3. The molecule has 3 aliphatic heterocycles. The van der Waals surface area contributed by atoms with Crippen molar-refractivity contribution >= 4 is 112 Å². The molecule has 6 aromatic rings. The van der Waals surface area contributed by atoms with Gasteiger partial charge in [-0.05, 0) is 109 Å². The molecule has 0 atom stereocenters. The number of nitrogens with zero attached hydrogens (tertiary/aromatic N) is 7. The molecule has 3 aromatic carbocycles. The number of allylic oxidation sites excluding steroid dienone is 1. The first-order chi connectivity index (χ1) is 37.9. The minimum absolute atomic E-state index is 0.